The molecule has 0 aromatic rings. The first-order valence-corrected chi connectivity index (χ1v) is 6.17. The molecule has 1 spiro atoms. The molecule has 0 unspecified atom stereocenters. The number of carbonyl (C=O) groups excluding carboxylic acids is 1. The van der Waals surface area contributed by atoms with Crippen LogP contribution in [0.4, 0.5) is 13.2 Å². The highest BCUT2D eigenvalue weighted by molar-refractivity contribution is 9.11. The maximum Gasteiger partial charge on any atom is 0.454 e. The zero-order valence-electron chi connectivity index (χ0n) is 8.66. The van der Waals surface area contributed by atoms with Gasteiger partial charge in [-0.3, -0.25) is 4.79 Å². The van der Waals surface area contributed by atoms with Gasteiger partial charge in [-0.15, -0.1) is 0 Å². The van der Waals surface area contributed by atoms with Gasteiger partial charge in [0.1, 0.15) is 0 Å². The van der Waals surface area contributed by atoms with Crippen LogP contribution < -0.4 is 0 Å². The summed E-state index contributed by atoms with van der Waals surface area (Å²) >= 11 is 3.09. The van der Waals surface area contributed by atoms with Crippen LogP contribution >= 0.6 is 15.9 Å². The smallest absolute Gasteiger partial charge is 0.284 e. The van der Waals surface area contributed by atoms with Crippen LogP contribution in [0.3, 0.4) is 0 Å². The van der Waals surface area contributed by atoms with Gasteiger partial charge in [-0.05, 0) is 19.3 Å². The molecule has 1 fully saturated rings. The van der Waals surface area contributed by atoms with Gasteiger partial charge in [0.25, 0.3) is 5.78 Å². The average Bonchev–Trinajstić information content (AvgIpc) is 2.17. The molecule has 0 aliphatic heterocycles. The predicted octanol–water partition coefficient (Wildman–Crippen LogP) is 4.12. The number of allylic oxidation sites excluding steroid dienone is 2. The Morgan fingerprint density at radius 2 is 1.75 bits per heavy atom. The summed E-state index contributed by atoms with van der Waals surface area (Å²) in [5, 5.41) is 0. The number of rotatable bonds is 1. The maximum absolute atomic E-state index is 12.4. The quantitative estimate of drug-likeness (QED) is 0.711. The van der Waals surface area contributed by atoms with E-state index in [1.54, 1.807) is 0 Å². The summed E-state index contributed by atoms with van der Waals surface area (Å²) in [7, 11) is 0. The molecule has 1 saturated carbocycles. The van der Waals surface area contributed by atoms with Crippen LogP contribution in [0.1, 0.15) is 38.5 Å². The van der Waals surface area contributed by atoms with Gasteiger partial charge in [-0.2, -0.15) is 13.2 Å². The molecular formula is C11H12BrF3O. The zero-order chi connectivity index (χ0) is 12.0. The van der Waals surface area contributed by atoms with Gasteiger partial charge in [0.2, 0.25) is 0 Å². The fourth-order valence-electron chi connectivity index (χ4n) is 2.82. The predicted molar refractivity (Wildman–Crippen MR) is 57.2 cm³/mol. The van der Waals surface area contributed by atoms with E-state index in [9.17, 15) is 18.0 Å². The van der Waals surface area contributed by atoms with Gasteiger partial charge in [-0.1, -0.05) is 35.2 Å². The van der Waals surface area contributed by atoms with Crippen molar-refractivity contribution < 1.29 is 18.0 Å². The van der Waals surface area contributed by atoms with Crippen molar-refractivity contribution in [3.8, 4) is 0 Å². The van der Waals surface area contributed by atoms with E-state index in [2.05, 4.69) is 15.9 Å². The SMILES string of the molecule is O=C(C1=C(Br)CC12CCCCC2)C(F)(F)F. The Kier molecular flexibility index (Phi) is 2.93. The first kappa shape index (κ1) is 12.1. The fourth-order valence-corrected chi connectivity index (χ4v) is 3.95. The Bertz CT molecular complexity index is 351. The fraction of sp³-hybridized carbons (Fsp3) is 0.727. The summed E-state index contributed by atoms with van der Waals surface area (Å²) in [6, 6.07) is 0. The Labute approximate surface area is 100 Å². The lowest BCUT2D eigenvalue weighted by Crippen LogP contribution is -2.42. The molecule has 0 aromatic heterocycles. The van der Waals surface area contributed by atoms with E-state index in [0.717, 1.165) is 32.1 Å². The number of ketones is 1. The largest absolute Gasteiger partial charge is 0.454 e. The van der Waals surface area contributed by atoms with Crippen molar-refractivity contribution in [2.45, 2.75) is 44.7 Å². The van der Waals surface area contributed by atoms with Crippen molar-refractivity contribution in [1.29, 1.82) is 0 Å². The van der Waals surface area contributed by atoms with E-state index in [4.69, 9.17) is 0 Å². The molecule has 90 valence electrons. The third kappa shape index (κ3) is 1.83. The molecule has 0 N–H and O–H groups in total. The van der Waals surface area contributed by atoms with Crippen LogP contribution in [0.15, 0.2) is 10.1 Å². The van der Waals surface area contributed by atoms with Gasteiger partial charge in [0.05, 0.1) is 0 Å². The van der Waals surface area contributed by atoms with Crippen molar-refractivity contribution in [3.63, 3.8) is 0 Å². The van der Waals surface area contributed by atoms with E-state index in [-0.39, 0.29) is 5.57 Å². The monoisotopic (exact) mass is 296 g/mol. The lowest BCUT2D eigenvalue weighted by atomic mass is 9.59. The number of carbonyl (C=O) groups is 1. The van der Waals surface area contributed by atoms with Gasteiger partial charge in [0.15, 0.2) is 0 Å². The molecule has 2 rings (SSSR count). The molecule has 2 aliphatic carbocycles. The number of hydrogen-bond acceptors (Lipinski definition) is 1. The molecule has 0 bridgehead atoms. The second-order valence-electron chi connectivity index (χ2n) is 4.62. The molecule has 1 nitrogen and oxygen atoms in total. The van der Waals surface area contributed by atoms with Crippen molar-refractivity contribution in [2.24, 2.45) is 5.41 Å². The number of Topliss-reactive ketones (excluding diaryl/α,β-unsaturated/α-hetero) is 1. The Balaban J connectivity index is 2.26. The molecular weight excluding hydrogens is 285 g/mol. The summed E-state index contributed by atoms with van der Waals surface area (Å²) in [5.74, 6) is -1.65. The molecule has 0 heterocycles. The van der Waals surface area contributed by atoms with E-state index >= 15 is 0 Å². The molecule has 0 atom stereocenters. The summed E-state index contributed by atoms with van der Waals surface area (Å²) < 4.78 is 37.7. The van der Waals surface area contributed by atoms with Crippen LogP contribution in [0.2, 0.25) is 0 Å². The molecule has 0 aromatic carbocycles. The minimum Gasteiger partial charge on any atom is -0.284 e. The van der Waals surface area contributed by atoms with E-state index in [1.807, 2.05) is 0 Å². The maximum atomic E-state index is 12.4. The van der Waals surface area contributed by atoms with E-state index in [1.165, 1.54) is 0 Å². The molecule has 0 saturated heterocycles. The number of halogens is 4. The third-order valence-electron chi connectivity index (χ3n) is 3.59. The van der Waals surface area contributed by atoms with Crippen LogP contribution in [0, 0.1) is 5.41 Å². The van der Waals surface area contributed by atoms with Gasteiger partial charge in [0, 0.05) is 15.5 Å². The molecule has 5 heteroatoms. The van der Waals surface area contributed by atoms with Crippen molar-refractivity contribution in [2.75, 3.05) is 0 Å². The Morgan fingerprint density at radius 1 is 1.19 bits per heavy atom. The van der Waals surface area contributed by atoms with Gasteiger partial charge in [-0.25, -0.2) is 0 Å². The third-order valence-corrected chi connectivity index (χ3v) is 4.27. The average molecular weight is 297 g/mol. The van der Waals surface area contributed by atoms with Crippen molar-refractivity contribution >= 4 is 21.7 Å². The van der Waals surface area contributed by atoms with Crippen LogP contribution in [0.25, 0.3) is 0 Å². The summed E-state index contributed by atoms with van der Waals surface area (Å²) in [5.41, 5.74) is -0.469. The Morgan fingerprint density at radius 3 is 2.19 bits per heavy atom. The first-order valence-electron chi connectivity index (χ1n) is 5.37. The normalized spacial score (nSPS) is 24.5. The highest BCUT2D eigenvalue weighted by Gasteiger charge is 2.54. The Hall–Kier alpha value is -0.320. The van der Waals surface area contributed by atoms with Crippen LogP contribution in [0.5, 0.6) is 0 Å². The minimum absolute atomic E-state index is 0.000278. The molecule has 2 aliphatic rings. The van der Waals surface area contributed by atoms with Crippen molar-refractivity contribution in [1.82, 2.24) is 0 Å². The molecule has 0 amide bonds. The number of alkyl halides is 3. The lowest BCUT2D eigenvalue weighted by Gasteiger charge is -2.46. The van der Waals surface area contributed by atoms with Crippen LogP contribution in [-0.2, 0) is 4.79 Å². The second kappa shape index (κ2) is 3.86. The molecule has 0 radical (unpaired) electrons. The van der Waals surface area contributed by atoms with E-state index in [0.29, 0.717) is 10.9 Å². The van der Waals surface area contributed by atoms with Gasteiger partial charge < -0.3 is 0 Å². The topological polar surface area (TPSA) is 17.1 Å². The highest BCUT2D eigenvalue weighted by Crippen LogP contribution is 2.58. The van der Waals surface area contributed by atoms with Crippen LogP contribution in [-0.4, -0.2) is 12.0 Å². The summed E-state index contributed by atoms with van der Waals surface area (Å²) in [4.78, 5) is 11.3. The highest BCUT2D eigenvalue weighted by atomic mass is 79.9. The standard InChI is InChI=1S/C11H12BrF3O/c12-7-6-10(4-2-1-3-5-10)8(7)9(16)11(13,14)15/h1-6H2. The van der Waals surface area contributed by atoms with E-state index < -0.39 is 17.4 Å². The number of hydrogen-bond donors (Lipinski definition) is 0. The second-order valence-corrected chi connectivity index (χ2v) is 5.58. The summed E-state index contributed by atoms with van der Waals surface area (Å²) in [6.45, 7) is 0. The van der Waals surface area contributed by atoms with Crippen molar-refractivity contribution in [3.05, 3.63) is 10.1 Å². The summed E-state index contributed by atoms with van der Waals surface area (Å²) in [6.07, 6.45) is 0.221. The van der Waals surface area contributed by atoms with Gasteiger partial charge >= 0.3 is 6.18 Å². The minimum atomic E-state index is -4.74. The zero-order valence-corrected chi connectivity index (χ0v) is 10.2. The molecule has 16 heavy (non-hydrogen) atoms. The lowest BCUT2D eigenvalue weighted by molar-refractivity contribution is -0.168. The first-order chi connectivity index (χ1) is 7.37.